The van der Waals surface area contributed by atoms with E-state index in [1.54, 1.807) is 18.1 Å². The molecule has 0 aliphatic carbocycles. The Morgan fingerprint density at radius 1 is 0.948 bits per heavy atom. The Morgan fingerprint density at radius 3 is 2.29 bits per heavy atom. The standard InChI is InChI=1S/C34H46F6N8O10/c1-45(17-26(50)30(53)31(54)27(51)18-49)14-21-15-47(44-43-21)4-5-56-6-7-57-8-9-58-32(55)29-25-16-46(2-3-48(25)33(42-29)34(38,39)40)28(52)12-20(41)10-19-11-23(36)24(37)13-22(19)35/h11,13,15,20,26-27,30-31,49-51,53-54H,2-10,12,14,16-18,41H2,1H3/t20-,26+,27-,30-,31-/m1/s1. The number of likely N-dealkylation sites (N-methyl/N-ethyl adjacent to an activating group) is 1. The van der Waals surface area contributed by atoms with Gasteiger partial charge in [0.1, 0.15) is 30.7 Å². The van der Waals surface area contributed by atoms with Gasteiger partial charge < -0.3 is 54.9 Å². The normalized spacial score (nSPS) is 15.9. The van der Waals surface area contributed by atoms with E-state index in [0.29, 0.717) is 24.4 Å². The zero-order valence-corrected chi connectivity index (χ0v) is 31.3. The number of hydrogen-bond donors (Lipinski definition) is 6. The molecule has 1 aliphatic rings. The first kappa shape index (κ1) is 46.4. The lowest BCUT2D eigenvalue weighted by molar-refractivity contribution is -0.148. The van der Waals surface area contributed by atoms with E-state index in [0.717, 1.165) is 9.47 Å². The van der Waals surface area contributed by atoms with E-state index in [4.69, 9.17) is 25.1 Å². The number of carbonyl (C=O) groups is 2. The largest absolute Gasteiger partial charge is 0.458 e. The summed E-state index contributed by atoms with van der Waals surface area (Å²) in [6, 6.07) is -0.0632. The summed E-state index contributed by atoms with van der Waals surface area (Å²) < 4.78 is 101. The van der Waals surface area contributed by atoms with Gasteiger partial charge in [0.15, 0.2) is 17.3 Å². The van der Waals surface area contributed by atoms with Crippen LogP contribution in [0.1, 0.15) is 39.7 Å². The zero-order valence-electron chi connectivity index (χ0n) is 31.3. The summed E-state index contributed by atoms with van der Waals surface area (Å²) in [5.41, 5.74) is 5.36. The van der Waals surface area contributed by atoms with Crippen molar-refractivity contribution < 1.29 is 75.7 Å². The second-order valence-electron chi connectivity index (χ2n) is 13.6. The van der Waals surface area contributed by atoms with Gasteiger partial charge in [-0.3, -0.25) is 9.69 Å². The van der Waals surface area contributed by atoms with Gasteiger partial charge in [0.25, 0.3) is 0 Å². The molecule has 1 amide bonds. The second-order valence-corrected chi connectivity index (χ2v) is 13.6. The number of benzene rings is 1. The van der Waals surface area contributed by atoms with Crippen LogP contribution in [0.2, 0.25) is 0 Å². The maximum atomic E-state index is 14.1. The van der Waals surface area contributed by atoms with Crippen molar-refractivity contribution in [2.45, 2.75) is 75.7 Å². The second kappa shape index (κ2) is 21.1. The van der Waals surface area contributed by atoms with E-state index in [-0.39, 0.29) is 76.9 Å². The average Bonchev–Trinajstić information content (AvgIpc) is 3.79. The molecule has 58 heavy (non-hydrogen) atoms. The number of halogens is 6. The summed E-state index contributed by atoms with van der Waals surface area (Å²) in [4.78, 5) is 32.1. The van der Waals surface area contributed by atoms with Crippen LogP contribution in [0.4, 0.5) is 26.3 Å². The van der Waals surface area contributed by atoms with Crippen LogP contribution in [-0.2, 0) is 57.8 Å². The van der Waals surface area contributed by atoms with Gasteiger partial charge in [0, 0.05) is 50.9 Å². The van der Waals surface area contributed by atoms with Crippen LogP contribution in [0, 0.1) is 17.5 Å². The highest BCUT2D eigenvalue weighted by atomic mass is 19.4. The number of alkyl halides is 3. The van der Waals surface area contributed by atoms with Gasteiger partial charge in [-0.05, 0) is 25.1 Å². The molecule has 24 heteroatoms. The lowest BCUT2D eigenvalue weighted by Gasteiger charge is -2.30. The Bertz CT molecular complexity index is 1820. The molecular formula is C34H46F6N8O10. The molecule has 2 aromatic heterocycles. The minimum Gasteiger partial charge on any atom is -0.458 e. The van der Waals surface area contributed by atoms with Crippen LogP contribution in [0.25, 0.3) is 0 Å². The quantitative estimate of drug-likeness (QED) is 0.0307. The molecule has 18 nitrogen and oxygen atoms in total. The fourth-order valence-corrected chi connectivity index (χ4v) is 5.98. The molecule has 3 aromatic rings. The maximum Gasteiger partial charge on any atom is 0.449 e. The molecule has 0 saturated carbocycles. The van der Waals surface area contributed by atoms with E-state index in [9.17, 15) is 56.4 Å². The van der Waals surface area contributed by atoms with E-state index < -0.39 is 97.1 Å². The van der Waals surface area contributed by atoms with E-state index in [2.05, 4.69) is 15.3 Å². The number of esters is 1. The Hall–Kier alpha value is -4.27. The third kappa shape index (κ3) is 12.9. The molecule has 0 spiro atoms. The van der Waals surface area contributed by atoms with Crippen LogP contribution in [-0.4, -0.2) is 162 Å². The van der Waals surface area contributed by atoms with Crippen LogP contribution in [0.3, 0.4) is 0 Å². The number of carbonyl (C=O) groups excluding carboxylic acids is 2. The van der Waals surface area contributed by atoms with E-state index in [1.807, 2.05) is 0 Å². The summed E-state index contributed by atoms with van der Waals surface area (Å²) in [5, 5.41) is 56.2. The van der Waals surface area contributed by atoms with Crippen molar-refractivity contribution >= 4 is 11.9 Å². The summed E-state index contributed by atoms with van der Waals surface area (Å²) in [6.45, 7) is -1.41. The first-order valence-electron chi connectivity index (χ1n) is 18.0. The fourth-order valence-electron chi connectivity index (χ4n) is 5.98. The fraction of sp³-hybridized carbons (Fsp3) is 0.618. The van der Waals surface area contributed by atoms with Gasteiger partial charge in [-0.2, -0.15) is 13.2 Å². The number of aromatic nitrogens is 5. The predicted octanol–water partition coefficient (Wildman–Crippen LogP) is -1.03. The molecule has 0 saturated heterocycles. The van der Waals surface area contributed by atoms with Gasteiger partial charge in [0.05, 0.1) is 63.6 Å². The minimum absolute atomic E-state index is 0.0726. The molecule has 4 rings (SSSR count). The SMILES string of the molecule is CN(Cc1cn(CCOCCOCCOC(=O)c2nc(C(F)(F)F)n3c2CN(C(=O)C[C@H](N)Cc2cc(F)c(F)cc2F)CC3)nn1)C[C@H](O)[C@@H](O)[C@H](O)[C@H](O)CO. The molecule has 5 atom stereocenters. The van der Waals surface area contributed by atoms with Gasteiger partial charge in [0.2, 0.25) is 11.7 Å². The summed E-state index contributed by atoms with van der Waals surface area (Å²) in [6.07, 6.45) is -10.5. The molecule has 1 aromatic carbocycles. The number of fused-ring (bicyclic) bond motifs is 1. The molecular weight excluding hydrogens is 794 g/mol. The Labute approximate surface area is 327 Å². The molecule has 0 fully saturated rings. The highest BCUT2D eigenvalue weighted by molar-refractivity contribution is 5.89. The monoisotopic (exact) mass is 840 g/mol. The number of nitrogens with zero attached hydrogens (tertiary/aromatic N) is 7. The van der Waals surface area contributed by atoms with Crippen LogP contribution >= 0.6 is 0 Å². The highest BCUT2D eigenvalue weighted by Crippen LogP contribution is 2.33. The number of aliphatic hydroxyl groups is 5. The first-order valence-corrected chi connectivity index (χ1v) is 18.0. The number of nitrogens with two attached hydrogens (primary N) is 1. The predicted molar refractivity (Wildman–Crippen MR) is 185 cm³/mol. The first-order chi connectivity index (χ1) is 27.4. The van der Waals surface area contributed by atoms with Crippen LogP contribution in [0.5, 0.6) is 0 Å². The summed E-state index contributed by atoms with van der Waals surface area (Å²) >= 11 is 0. The maximum absolute atomic E-state index is 14.1. The highest BCUT2D eigenvalue weighted by Gasteiger charge is 2.42. The molecule has 0 radical (unpaired) electrons. The Balaban J connectivity index is 1.16. The topological polar surface area (TPSA) is 244 Å². The number of ether oxygens (including phenoxy) is 3. The smallest absolute Gasteiger partial charge is 0.449 e. The number of hydrogen-bond acceptors (Lipinski definition) is 15. The number of amides is 1. The van der Waals surface area contributed by atoms with Crippen molar-refractivity contribution in [2.24, 2.45) is 5.73 Å². The van der Waals surface area contributed by atoms with Crippen molar-refractivity contribution in [3.05, 3.63) is 64.3 Å². The number of imidazole rings is 1. The lowest BCUT2D eigenvalue weighted by atomic mass is 10.0. The van der Waals surface area contributed by atoms with Gasteiger partial charge in [-0.1, -0.05) is 5.21 Å². The van der Waals surface area contributed by atoms with Gasteiger partial charge in [-0.25, -0.2) is 27.6 Å². The molecule has 1 aliphatic heterocycles. The third-order valence-electron chi connectivity index (χ3n) is 8.95. The van der Waals surface area contributed by atoms with Crippen LogP contribution in [0.15, 0.2) is 18.3 Å². The molecule has 0 unspecified atom stereocenters. The van der Waals surface area contributed by atoms with Gasteiger partial charge in [-0.15, -0.1) is 5.10 Å². The van der Waals surface area contributed by atoms with Crippen LogP contribution < -0.4 is 5.73 Å². The minimum atomic E-state index is -4.93. The summed E-state index contributed by atoms with van der Waals surface area (Å²) in [7, 11) is 1.62. The van der Waals surface area contributed by atoms with E-state index in [1.165, 1.54) is 4.68 Å². The van der Waals surface area contributed by atoms with Crippen molar-refractivity contribution in [3.63, 3.8) is 0 Å². The Kier molecular flexibility index (Phi) is 16.9. The Morgan fingerprint density at radius 2 is 1.60 bits per heavy atom. The van der Waals surface area contributed by atoms with Crippen molar-refractivity contribution in [3.8, 4) is 0 Å². The molecule has 3 heterocycles. The third-order valence-corrected chi connectivity index (χ3v) is 8.95. The van der Waals surface area contributed by atoms with Crippen molar-refractivity contribution in [2.75, 3.05) is 59.8 Å². The molecule has 0 bridgehead atoms. The van der Waals surface area contributed by atoms with Crippen molar-refractivity contribution in [1.82, 2.24) is 34.3 Å². The number of rotatable bonds is 22. The van der Waals surface area contributed by atoms with Crippen molar-refractivity contribution in [1.29, 1.82) is 0 Å². The molecule has 324 valence electrons. The van der Waals surface area contributed by atoms with E-state index >= 15 is 0 Å². The lowest BCUT2D eigenvalue weighted by Crippen LogP contribution is -2.49. The summed E-state index contributed by atoms with van der Waals surface area (Å²) in [5.74, 6) is -6.90. The molecule has 7 N–H and O–H groups in total. The number of aliphatic hydroxyl groups excluding tert-OH is 5. The average molecular weight is 841 g/mol. The van der Waals surface area contributed by atoms with Gasteiger partial charge >= 0.3 is 12.1 Å². The zero-order chi connectivity index (χ0) is 42.7.